The van der Waals surface area contributed by atoms with Gasteiger partial charge in [-0.05, 0) is 37.8 Å². The quantitative estimate of drug-likeness (QED) is 0.655. The molecule has 0 aliphatic carbocycles. The molecule has 8 nitrogen and oxygen atoms in total. The van der Waals surface area contributed by atoms with Crippen LogP contribution in [0.15, 0.2) is 48.3 Å². The summed E-state index contributed by atoms with van der Waals surface area (Å²) in [5.41, 5.74) is 2.08. The average Bonchev–Trinajstić information content (AvgIpc) is 3.30. The Hall–Kier alpha value is -2.52. The Balaban J connectivity index is 1.55. The van der Waals surface area contributed by atoms with Gasteiger partial charge in [0.25, 0.3) is 10.0 Å². The average molecular weight is 401 g/mol. The summed E-state index contributed by atoms with van der Waals surface area (Å²) in [6.45, 7) is 3.79. The Kier molecular flexibility index (Phi) is 5.03. The lowest BCUT2D eigenvalue weighted by Crippen LogP contribution is -2.41. The lowest BCUT2D eigenvalue weighted by molar-refractivity contribution is 0.244. The van der Waals surface area contributed by atoms with E-state index in [0.717, 1.165) is 36.5 Å². The van der Waals surface area contributed by atoms with Crippen LogP contribution in [0.1, 0.15) is 18.5 Å². The third kappa shape index (κ3) is 3.59. The molecular formula is C19H24N6O2S. The van der Waals surface area contributed by atoms with E-state index in [-0.39, 0.29) is 10.9 Å². The molecule has 1 aliphatic rings. The molecule has 0 spiro atoms. The number of imidazole rings is 2. The van der Waals surface area contributed by atoms with Crippen LogP contribution >= 0.6 is 0 Å². The highest BCUT2D eigenvalue weighted by molar-refractivity contribution is 7.89. The summed E-state index contributed by atoms with van der Waals surface area (Å²) in [6.07, 6.45) is 10.3. The molecule has 0 aromatic carbocycles. The molecule has 1 aliphatic heterocycles. The number of hydrogen-bond acceptors (Lipinski definition) is 5. The Morgan fingerprint density at radius 1 is 1.21 bits per heavy atom. The first kappa shape index (κ1) is 18.8. The maximum Gasteiger partial charge on any atom is 0.262 e. The predicted octanol–water partition coefficient (Wildman–Crippen LogP) is 2.09. The molecule has 4 rings (SSSR count). The topological polar surface area (TPSA) is 85.9 Å². The minimum absolute atomic E-state index is 0.118. The van der Waals surface area contributed by atoms with Gasteiger partial charge in [-0.25, -0.2) is 18.4 Å². The second-order valence-corrected chi connectivity index (χ2v) is 9.20. The van der Waals surface area contributed by atoms with Crippen LogP contribution in [0.5, 0.6) is 0 Å². The second kappa shape index (κ2) is 7.48. The maximum absolute atomic E-state index is 12.9. The van der Waals surface area contributed by atoms with Crippen molar-refractivity contribution in [2.75, 3.05) is 13.1 Å². The van der Waals surface area contributed by atoms with E-state index < -0.39 is 10.0 Å². The number of pyridine rings is 1. The van der Waals surface area contributed by atoms with Crippen LogP contribution in [0, 0.1) is 12.8 Å². The summed E-state index contributed by atoms with van der Waals surface area (Å²) < 4.78 is 31.3. The van der Waals surface area contributed by atoms with Crippen molar-refractivity contribution in [3.05, 3.63) is 48.9 Å². The number of aryl methyl sites for hydroxylation is 2. The third-order valence-electron chi connectivity index (χ3n) is 5.20. The normalized spacial score (nSPS) is 18.4. The van der Waals surface area contributed by atoms with E-state index in [4.69, 9.17) is 0 Å². The standard InChI is InChI=1S/C19H24N6O2S/c1-15-10-21-19(17-5-7-20-8-6-17)25(15)12-16-4-3-9-24(11-16)28(26,27)18-13-23(2)14-22-18/h5-8,10,13-14,16H,3-4,9,11-12H2,1-2H3. The Morgan fingerprint density at radius 2 is 2.00 bits per heavy atom. The first-order valence-corrected chi connectivity index (χ1v) is 10.8. The molecule has 28 heavy (non-hydrogen) atoms. The molecule has 1 atom stereocenters. The molecule has 1 unspecified atom stereocenters. The number of sulfonamides is 1. The molecule has 0 N–H and O–H groups in total. The largest absolute Gasteiger partial charge is 0.339 e. The van der Waals surface area contributed by atoms with Gasteiger partial charge in [-0.3, -0.25) is 4.98 Å². The van der Waals surface area contributed by atoms with Crippen LogP contribution in [0.3, 0.4) is 0 Å². The van der Waals surface area contributed by atoms with Gasteiger partial charge in [-0.1, -0.05) is 0 Å². The van der Waals surface area contributed by atoms with E-state index in [9.17, 15) is 8.42 Å². The number of hydrogen-bond donors (Lipinski definition) is 0. The highest BCUT2D eigenvalue weighted by Crippen LogP contribution is 2.27. The van der Waals surface area contributed by atoms with E-state index in [1.807, 2.05) is 25.3 Å². The third-order valence-corrected chi connectivity index (χ3v) is 6.95. The van der Waals surface area contributed by atoms with Crippen LogP contribution in [-0.2, 0) is 23.6 Å². The highest BCUT2D eigenvalue weighted by Gasteiger charge is 2.32. The summed E-state index contributed by atoms with van der Waals surface area (Å²) in [6, 6.07) is 3.88. The minimum atomic E-state index is -3.56. The van der Waals surface area contributed by atoms with E-state index in [0.29, 0.717) is 13.1 Å². The number of aromatic nitrogens is 5. The van der Waals surface area contributed by atoms with Gasteiger partial charge in [0.05, 0.1) is 6.33 Å². The minimum Gasteiger partial charge on any atom is -0.339 e. The van der Waals surface area contributed by atoms with Crippen molar-refractivity contribution in [3.8, 4) is 11.4 Å². The molecule has 4 heterocycles. The van der Waals surface area contributed by atoms with Crippen molar-refractivity contribution < 1.29 is 8.42 Å². The van der Waals surface area contributed by atoms with Crippen molar-refractivity contribution in [1.29, 1.82) is 0 Å². The van der Waals surface area contributed by atoms with Gasteiger partial charge in [-0.15, -0.1) is 0 Å². The zero-order valence-corrected chi connectivity index (χ0v) is 16.9. The fraction of sp³-hybridized carbons (Fsp3) is 0.421. The van der Waals surface area contributed by atoms with Crippen molar-refractivity contribution in [2.45, 2.75) is 31.3 Å². The first-order chi connectivity index (χ1) is 13.4. The Labute approximate surface area is 164 Å². The SMILES string of the molecule is Cc1cnc(-c2ccncc2)n1CC1CCCN(S(=O)(=O)c2cn(C)cn2)C1. The van der Waals surface area contributed by atoms with E-state index in [1.54, 1.807) is 34.5 Å². The Bertz CT molecular complexity index is 1060. The number of piperidine rings is 1. The molecule has 3 aromatic heterocycles. The van der Waals surface area contributed by atoms with Gasteiger partial charge in [0, 0.05) is 62.7 Å². The molecule has 0 radical (unpaired) electrons. The molecule has 1 saturated heterocycles. The van der Waals surface area contributed by atoms with Gasteiger partial charge in [0.2, 0.25) is 0 Å². The fourth-order valence-corrected chi connectivity index (χ4v) is 5.25. The highest BCUT2D eigenvalue weighted by atomic mass is 32.2. The summed E-state index contributed by atoms with van der Waals surface area (Å²) >= 11 is 0. The summed E-state index contributed by atoms with van der Waals surface area (Å²) in [5.74, 6) is 1.12. The van der Waals surface area contributed by atoms with Gasteiger partial charge in [0.15, 0.2) is 5.03 Å². The van der Waals surface area contributed by atoms with E-state index in [1.165, 1.54) is 6.33 Å². The molecule has 148 valence electrons. The summed E-state index contributed by atoms with van der Waals surface area (Å²) in [7, 11) is -1.79. The lowest BCUT2D eigenvalue weighted by atomic mass is 9.99. The van der Waals surface area contributed by atoms with Crippen molar-refractivity contribution in [3.63, 3.8) is 0 Å². The molecule has 9 heteroatoms. The van der Waals surface area contributed by atoms with Crippen LogP contribution < -0.4 is 0 Å². The van der Waals surface area contributed by atoms with Crippen LogP contribution in [0.25, 0.3) is 11.4 Å². The first-order valence-electron chi connectivity index (χ1n) is 9.36. The number of rotatable bonds is 5. The molecule has 0 bridgehead atoms. The van der Waals surface area contributed by atoms with E-state index >= 15 is 0 Å². The molecule has 3 aromatic rings. The smallest absolute Gasteiger partial charge is 0.262 e. The lowest BCUT2D eigenvalue weighted by Gasteiger charge is -2.32. The van der Waals surface area contributed by atoms with Crippen molar-refractivity contribution in [1.82, 2.24) is 28.4 Å². The van der Waals surface area contributed by atoms with Crippen LogP contribution in [0.4, 0.5) is 0 Å². The van der Waals surface area contributed by atoms with Crippen molar-refractivity contribution in [2.24, 2.45) is 13.0 Å². The maximum atomic E-state index is 12.9. The summed E-state index contributed by atoms with van der Waals surface area (Å²) in [5, 5.41) is 0.118. The van der Waals surface area contributed by atoms with Crippen LogP contribution in [0.2, 0.25) is 0 Å². The summed E-state index contributed by atoms with van der Waals surface area (Å²) in [4.78, 5) is 12.7. The monoisotopic (exact) mass is 400 g/mol. The zero-order valence-electron chi connectivity index (χ0n) is 16.1. The Morgan fingerprint density at radius 3 is 2.71 bits per heavy atom. The van der Waals surface area contributed by atoms with Crippen molar-refractivity contribution >= 4 is 10.0 Å². The van der Waals surface area contributed by atoms with Gasteiger partial charge < -0.3 is 9.13 Å². The molecule has 1 fully saturated rings. The van der Waals surface area contributed by atoms with Gasteiger partial charge >= 0.3 is 0 Å². The molecule has 0 amide bonds. The molecular weight excluding hydrogens is 376 g/mol. The number of nitrogens with zero attached hydrogens (tertiary/aromatic N) is 6. The van der Waals surface area contributed by atoms with Crippen LogP contribution in [-0.4, -0.2) is 49.9 Å². The van der Waals surface area contributed by atoms with Gasteiger partial charge in [0.1, 0.15) is 5.82 Å². The fourth-order valence-electron chi connectivity index (χ4n) is 3.73. The van der Waals surface area contributed by atoms with Gasteiger partial charge in [-0.2, -0.15) is 4.31 Å². The second-order valence-electron chi connectivity index (χ2n) is 7.32. The zero-order chi connectivity index (χ0) is 19.7. The predicted molar refractivity (Wildman–Crippen MR) is 105 cm³/mol. The van der Waals surface area contributed by atoms with E-state index in [2.05, 4.69) is 19.5 Å². The molecule has 0 saturated carbocycles.